The number of hydrogen-bond acceptors (Lipinski definition) is 3. The van der Waals surface area contributed by atoms with Gasteiger partial charge in [0.2, 0.25) is 0 Å². The highest BCUT2D eigenvalue weighted by Crippen LogP contribution is 2.19. The summed E-state index contributed by atoms with van der Waals surface area (Å²) in [7, 11) is 1.47. The van der Waals surface area contributed by atoms with Gasteiger partial charge in [-0.25, -0.2) is 4.39 Å². The predicted octanol–water partition coefficient (Wildman–Crippen LogP) is 1.61. The van der Waals surface area contributed by atoms with Crippen molar-refractivity contribution in [2.24, 2.45) is 5.92 Å². The SMILES string of the molecule is COc1ccc(CC2CNCCOC2)cc1F. The molecule has 3 nitrogen and oxygen atoms in total. The lowest BCUT2D eigenvalue weighted by molar-refractivity contribution is 0.123. The van der Waals surface area contributed by atoms with Crippen molar-refractivity contribution in [3.05, 3.63) is 29.6 Å². The minimum absolute atomic E-state index is 0.295. The van der Waals surface area contributed by atoms with Crippen molar-refractivity contribution in [1.29, 1.82) is 0 Å². The lowest BCUT2D eigenvalue weighted by atomic mass is 10.00. The molecule has 0 saturated carbocycles. The summed E-state index contributed by atoms with van der Waals surface area (Å²) in [6, 6.07) is 5.13. The molecule has 1 heterocycles. The first-order chi connectivity index (χ1) is 8.29. The van der Waals surface area contributed by atoms with E-state index in [-0.39, 0.29) is 5.82 Å². The zero-order chi connectivity index (χ0) is 12.1. The molecule has 1 saturated heterocycles. The lowest BCUT2D eigenvalue weighted by Gasteiger charge is -2.14. The smallest absolute Gasteiger partial charge is 0.165 e. The van der Waals surface area contributed by atoms with E-state index in [2.05, 4.69) is 5.32 Å². The van der Waals surface area contributed by atoms with Crippen LogP contribution in [0.25, 0.3) is 0 Å². The van der Waals surface area contributed by atoms with Crippen LogP contribution in [-0.2, 0) is 11.2 Å². The van der Waals surface area contributed by atoms with Crippen LogP contribution in [0.5, 0.6) is 5.75 Å². The molecule has 0 amide bonds. The largest absolute Gasteiger partial charge is 0.494 e. The maximum Gasteiger partial charge on any atom is 0.165 e. The minimum Gasteiger partial charge on any atom is -0.494 e. The summed E-state index contributed by atoms with van der Waals surface area (Å²) in [5.74, 6) is 0.404. The average molecular weight is 239 g/mol. The number of rotatable bonds is 3. The molecule has 1 atom stereocenters. The molecule has 2 rings (SSSR count). The Kier molecular flexibility index (Phi) is 4.34. The van der Waals surface area contributed by atoms with Crippen molar-refractivity contribution < 1.29 is 13.9 Å². The Morgan fingerprint density at radius 1 is 1.53 bits per heavy atom. The van der Waals surface area contributed by atoms with Crippen LogP contribution in [0, 0.1) is 11.7 Å². The van der Waals surface area contributed by atoms with Gasteiger partial charge >= 0.3 is 0 Å². The van der Waals surface area contributed by atoms with Crippen molar-refractivity contribution in [3.8, 4) is 5.75 Å². The molecule has 1 aliphatic heterocycles. The van der Waals surface area contributed by atoms with Crippen molar-refractivity contribution in [3.63, 3.8) is 0 Å². The van der Waals surface area contributed by atoms with E-state index in [1.807, 2.05) is 6.07 Å². The second-order valence-electron chi connectivity index (χ2n) is 4.32. The third-order valence-electron chi connectivity index (χ3n) is 2.95. The minimum atomic E-state index is -0.299. The molecule has 1 fully saturated rings. The number of ether oxygens (including phenoxy) is 2. The molecular formula is C13H18FNO2. The highest BCUT2D eigenvalue weighted by molar-refractivity contribution is 5.29. The Hall–Kier alpha value is -1.13. The first-order valence-corrected chi connectivity index (χ1v) is 5.90. The molecule has 4 heteroatoms. The Morgan fingerprint density at radius 3 is 3.18 bits per heavy atom. The number of hydrogen-bond donors (Lipinski definition) is 1. The fraction of sp³-hybridized carbons (Fsp3) is 0.538. The van der Waals surface area contributed by atoms with Crippen LogP contribution in [0.4, 0.5) is 4.39 Å². The van der Waals surface area contributed by atoms with E-state index in [0.29, 0.717) is 11.7 Å². The Bertz CT molecular complexity index is 362. The van der Waals surface area contributed by atoms with Crippen molar-refractivity contribution in [1.82, 2.24) is 5.32 Å². The summed E-state index contributed by atoms with van der Waals surface area (Å²) < 4.78 is 23.9. The van der Waals surface area contributed by atoms with Crippen LogP contribution in [0.15, 0.2) is 18.2 Å². The Morgan fingerprint density at radius 2 is 2.41 bits per heavy atom. The zero-order valence-electron chi connectivity index (χ0n) is 10.0. The van der Waals surface area contributed by atoms with Crippen molar-refractivity contribution in [2.45, 2.75) is 6.42 Å². The zero-order valence-corrected chi connectivity index (χ0v) is 10.0. The molecule has 0 spiro atoms. The quantitative estimate of drug-likeness (QED) is 0.869. The molecule has 1 aromatic carbocycles. The number of methoxy groups -OCH3 is 1. The summed E-state index contributed by atoms with van der Waals surface area (Å²) in [6.45, 7) is 3.31. The highest BCUT2D eigenvalue weighted by atomic mass is 19.1. The first kappa shape index (κ1) is 12.3. The van der Waals surface area contributed by atoms with E-state index in [0.717, 1.165) is 38.3 Å². The molecule has 1 aromatic rings. The van der Waals surface area contributed by atoms with E-state index in [1.165, 1.54) is 7.11 Å². The van der Waals surface area contributed by atoms with Gasteiger partial charge in [-0.05, 0) is 30.0 Å². The maximum atomic E-state index is 13.5. The van der Waals surface area contributed by atoms with Crippen LogP contribution in [0.2, 0.25) is 0 Å². The van der Waals surface area contributed by atoms with Gasteiger partial charge in [0, 0.05) is 13.1 Å². The molecule has 0 radical (unpaired) electrons. The van der Waals surface area contributed by atoms with Crippen LogP contribution in [0.3, 0.4) is 0 Å². The summed E-state index contributed by atoms with van der Waals surface area (Å²) >= 11 is 0. The molecule has 0 aromatic heterocycles. The third kappa shape index (κ3) is 3.41. The predicted molar refractivity (Wildman–Crippen MR) is 63.8 cm³/mol. The summed E-state index contributed by atoms with van der Waals surface area (Å²) in [4.78, 5) is 0. The maximum absolute atomic E-state index is 13.5. The summed E-state index contributed by atoms with van der Waals surface area (Å²) in [5.41, 5.74) is 0.987. The number of nitrogens with one attached hydrogen (secondary N) is 1. The molecule has 0 bridgehead atoms. The number of benzene rings is 1. The summed E-state index contributed by atoms with van der Waals surface area (Å²) in [5, 5.41) is 3.31. The summed E-state index contributed by atoms with van der Waals surface area (Å²) in [6.07, 6.45) is 0.827. The first-order valence-electron chi connectivity index (χ1n) is 5.90. The monoisotopic (exact) mass is 239 g/mol. The van der Waals surface area contributed by atoms with Crippen LogP contribution < -0.4 is 10.1 Å². The van der Waals surface area contributed by atoms with E-state index in [1.54, 1.807) is 12.1 Å². The van der Waals surface area contributed by atoms with Crippen molar-refractivity contribution >= 4 is 0 Å². The van der Waals surface area contributed by atoms with Gasteiger partial charge in [-0.15, -0.1) is 0 Å². The van der Waals surface area contributed by atoms with Gasteiger partial charge in [0.25, 0.3) is 0 Å². The van der Waals surface area contributed by atoms with Gasteiger partial charge in [-0.3, -0.25) is 0 Å². The van der Waals surface area contributed by atoms with E-state index in [9.17, 15) is 4.39 Å². The third-order valence-corrected chi connectivity index (χ3v) is 2.95. The van der Waals surface area contributed by atoms with Gasteiger partial charge in [-0.1, -0.05) is 6.07 Å². The second kappa shape index (κ2) is 5.98. The van der Waals surface area contributed by atoms with Gasteiger partial charge < -0.3 is 14.8 Å². The molecule has 1 aliphatic rings. The second-order valence-corrected chi connectivity index (χ2v) is 4.32. The molecular weight excluding hydrogens is 221 g/mol. The van der Waals surface area contributed by atoms with Crippen molar-refractivity contribution in [2.75, 3.05) is 33.4 Å². The van der Waals surface area contributed by atoms with Gasteiger partial charge in [0.15, 0.2) is 11.6 Å². The molecule has 17 heavy (non-hydrogen) atoms. The lowest BCUT2D eigenvalue weighted by Crippen LogP contribution is -2.24. The van der Waals surface area contributed by atoms with Crippen LogP contribution >= 0.6 is 0 Å². The highest BCUT2D eigenvalue weighted by Gasteiger charge is 2.14. The van der Waals surface area contributed by atoms with Crippen LogP contribution in [0.1, 0.15) is 5.56 Å². The van der Waals surface area contributed by atoms with Gasteiger partial charge in [0.1, 0.15) is 0 Å². The molecule has 0 aliphatic carbocycles. The molecule has 1 unspecified atom stereocenters. The topological polar surface area (TPSA) is 30.5 Å². The van der Waals surface area contributed by atoms with Crippen LogP contribution in [-0.4, -0.2) is 33.4 Å². The fourth-order valence-corrected chi connectivity index (χ4v) is 2.06. The average Bonchev–Trinajstić information content (AvgIpc) is 2.58. The van der Waals surface area contributed by atoms with Gasteiger partial charge in [-0.2, -0.15) is 0 Å². The molecule has 94 valence electrons. The fourth-order valence-electron chi connectivity index (χ4n) is 2.06. The standard InChI is InChI=1S/C13H18FNO2/c1-16-13-3-2-10(7-12(13)14)6-11-8-15-4-5-17-9-11/h2-3,7,11,15H,4-6,8-9H2,1H3. The van der Waals surface area contributed by atoms with E-state index < -0.39 is 0 Å². The van der Waals surface area contributed by atoms with E-state index in [4.69, 9.17) is 9.47 Å². The number of halogens is 1. The Balaban J connectivity index is 1.99. The normalized spacial score (nSPS) is 20.9. The Labute approximate surface area is 101 Å². The molecule has 1 N–H and O–H groups in total. The van der Waals surface area contributed by atoms with Gasteiger partial charge in [0.05, 0.1) is 20.3 Å². The van der Waals surface area contributed by atoms with E-state index >= 15 is 0 Å².